The highest BCUT2D eigenvalue weighted by atomic mass is 16.5. The molecule has 6 rings (SSSR count). The Kier molecular flexibility index (Phi) is 6.36. The predicted molar refractivity (Wildman–Crippen MR) is 143 cm³/mol. The number of piperidine rings is 1. The summed E-state index contributed by atoms with van der Waals surface area (Å²) in [6, 6.07) is 15.8. The lowest BCUT2D eigenvalue weighted by Crippen LogP contribution is -2.41. The average Bonchev–Trinajstić information content (AvgIpc) is 3.53. The van der Waals surface area contributed by atoms with Crippen molar-refractivity contribution in [2.24, 2.45) is 5.41 Å². The van der Waals surface area contributed by atoms with E-state index in [0.29, 0.717) is 17.5 Å². The van der Waals surface area contributed by atoms with E-state index in [1.807, 2.05) is 36.8 Å². The average molecular weight is 497 g/mol. The number of hydrogen-bond acceptors (Lipinski definition) is 6. The van der Waals surface area contributed by atoms with Gasteiger partial charge in [0.1, 0.15) is 5.65 Å². The van der Waals surface area contributed by atoms with Crippen molar-refractivity contribution in [3.8, 4) is 0 Å². The number of carbonyl (C=O) groups excluding carboxylic acids is 1. The number of nitrogens with one attached hydrogen (secondary N) is 1. The molecule has 0 bridgehead atoms. The molecule has 4 aromatic rings. The molecule has 2 aliphatic heterocycles. The molecule has 2 N–H and O–H groups in total. The Labute approximate surface area is 216 Å². The number of pyridine rings is 2. The summed E-state index contributed by atoms with van der Waals surface area (Å²) in [5.41, 5.74) is 7.04. The van der Waals surface area contributed by atoms with Gasteiger partial charge in [-0.25, -0.2) is 10.5 Å². The zero-order valence-electron chi connectivity index (χ0n) is 20.9. The van der Waals surface area contributed by atoms with Crippen LogP contribution in [0.2, 0.25) is 0 Å². The lowest BCUT2D eigenvalue weighted by molar-refractivity contribution is 0.0706. The highest BCUT2D eigenvalue weighted by Gasteiger charge is 2.40. The monoisotopic (exact) mass is 496 g/mol. The Hall–Kier alpha value is -3.75. The van der Waals surface area contributed by atoms with Gasteiger partial charge in [0.25, 0.3) is 5.91 Å². The van der Waals surface area contributed by atoms with E-state index in [0.717, 1.165) is 36.2 Å². The maximum Gasteiger partial charge on any atom is 0.274 e. The maximum atomic E-state index is 11.5. The van der Waals surface area contributed by atoms with E-state index < -0.39 is 5.91 Å². The van der Waals surface area contributed by atoms with Crippen molar-refractivity contribution in [1.29, 1.82) is 0 Å². The zero-order chi connectivity index (χ0) is 25.2. The van der Waals surface area contributed by atoms with E-state index in [1.165, 1.54) is 43.6 Å². The van der Waals surface area contributed by atoms with Gasteiger partial charge in [-0.1, -0.05) is 18.2 Å². The van der Waals surface area contributed by atoms with Gasteiger partial charge in [-0.15, -0.1) is 0 Å². The van der Waals surface area contributed by atoms with Crippen LogP contribution in [-0.2, 0) is 13.1 Å². The third-order valence-corrected chi connectivity index (χ3v) is 8.09. The van der Waals surface area contributed by atoms with E-state index in [9.17, 15) is 4.79 Å². The minimum absolute atomic E-state index is 0.425. The van der Waals surface area contributed by atoms with Crippen LogP contribution in [0.4, 0.5) is 5.69 Å². The molecule has 2 aliphatic rings. The molecular formula is C29H32N6O2. The molecule has 0 unspecified atom stereocenters. The molecule has 0 atom stereocenters. The molecule has 2 fully saturated rings. The van der Waals surface area contributed by atoms with Crippen LogP contribution in [0.1, 0.15) is 40.7 Å². The number of hydroxylamine groups is 1. The van der Waals surface area contributed by atoms with Crippen molar-refractivity contribution in [3.63, 3.8) is 0 Å². The van der Waals surface area contributed by atoms with Gasteiger partial charge in [0.15, 0.2) is 0 Å². The van der Waals surface area contributed by atoms with Crippen molar-refractivity contribution in [3.05, 3.63) is 90.0 Å². The predicted octanol–water partition coefficient (Wildman–Crippen LogP) is 4.09. The molecule has 8 nitrogen and oxygen atoms in total. The molecule has 0 radical (unpaired) electrons. The number of nitrogens with zero attached hydrogens (tertiary/aromatic N) is 5. The second-order valence-corrected chi connectivity index (χ2v) is 10.5. The molecule has 5 heterocycles. The number of hydrogen-bond donors (Lipinski definition) is 2. The third kappa shape index (κ3) is 4.95. The van der Waals surface area contributed by atoms with Crippen LogP contribution in [0.15, 0.2) is 73.3 Å². The molecule has 1 amide bonds. The first-order chi connectivity index (χ1) is 18.1. The Bertz CT molecular complexity index is 1380. The van der Waals surface area contributed by atoms with E-state index in [-0.39, 0.29) is 0 Å². The summed E-state index contributed by atoms with van der Waals surface area (Å²) in [5, 5.41) is 9.93. The molecule has 1 spiro atoms. The van der Waals surface area contributed by atoms with Crippen LogP contribution in [0.25, 0.3) is 11.0 Å². The van der Waals surface area contributed by atoms with Gasteiger partial charge in [-0.05, 0) is 72.7 Å². The smallest absolute Gasteiger partial charge is 0.274 e. The maximum absolute atomic E-state index is 11.5. The van der Waals surface area contributed by atoms with Crippen LogP contribution in [0.5, 0.6) is 0 Å². The van der Waals surface area contributed by atoms with Gasteiger partial charge in [-0.2, -0.15) is 0 Å². The Morgan fingerprint density at radius 1 is 0.973 bits per heavy atom. The molecule has 2 saturated heterocycles. The van der Waals surface area contributed by atoms with Gasteiger partial charge in [0.05, 0.1) is 11.9 Å². The number of likely N-dealkylation sites (tertiary alicyclic amines) is 1. The standard InChI is InChI=1S/C29H32N6O2/c36-28(32-37)24-5-3-22(4-6-24)20-35-12-7-25-16-26(18-31-27(25)35)34-14-9-29(10-15-34)8-13-33(21-29)19-23-2-1-11-30-17-23/h1-7,11-12,16-18,37H,8-10,13-15,19-21H2,(H,32,36). The number of anilines is 1. The van der Waals surface area contributed by atoms with Crippen LogP contribution < -0.4 is 10.4 Å². The number of benzene rings is 1. The van der Waals surface area contributed by atoms with Gasteiger partial charge in [-0.3, -0.25) is 19.9 Å². The second-order valence-electron chi connectivity index (χ2n) is 10.5. The van der Waals surface area contributed by atoms with Gasteiger partial charge < -0.3 is 9.47 Å². The number of aromatic nitrogens is 3. The van der Waals surface area contributed by atoms with E-state index >= 15 is 0 Å². The summed E-state index contributed by atoms with van der Waals surface area (Å²) < 4.78 is 2.13. The molecule has 0 saturated carbocycles. The minimum Gasteiger partial charge on any atom is -0.370 e. The first-order valence-electron chi connectivity index (χ1n) is 13.0. The van der Waals surface area contributed by atoms with Crippen molar-refractivity contribution in [2.75, 3.05) is 31.1 Å². The highest BCUT2D eigenvalue weighted by Crippen LogP contribution is 2.41. The molecule has 37 heavy (non-hydrogen) atoms. The molecule has 0 aliphatic carbocycles. The van der Waals surface area contributed by atoms with Crippen LogP contribution >= 0.6 is 0 Å². The molecule has 3 aromatic heterocycles. The fraction of sp³-hybridized carbons (Fsp3) is 0.345. The third-order valence-electron chi connectivity index (χ3n) is 8.09. The molecule has 190 valence electrons. The topological polar surface area (TPSA) is 86.5 Å². The van der Waals surface area contributed by atoms with Crippen molar-refractivity contribution < 1.29 is 10.0 Å². The normalized spacial score (nSPS) is 17.5. The van der Waals surface area contributed by atoms with Crippen molar-refractivity contribution in [1.82, 2.24) is 24.9 Å². The highest BCUT2D eigenvalue weighted by molar-refractivity contribution is 5.93. The lowest BCUT2D eigenvalue weighted by Gasteiger charge is -2.40. The first-order valence-corrected chi connectivity index (χ1v) is 13.0. The number of carbonyl (C=O) groups is 1. The summed E-state index contributed by atoms with van der Waals surface area (Å²) in [7, 11) is 0. The number of amides is 1. The van der Waals surface area contributed by atoms with E-state index in [1.54, 1.807) is 17.6 Å². The lowest BCUT2D eigenvalue weighted by atomic mass is 9.77. The fourth-order valence-electron chi connectivity index (χ4n) is 5.95. The van der Waals surface area contributed by atoms with Crippen molar-refractivity contribution >= 4 is 22.6 Å². The number of fused-ring (bicyclic) bond motifs is 1. The minimum atomic E-state index is -0.509. The van der Waals surface area contributed by atoms with Crippen LogP contribution in [0.3, 0.4) is 0 Å². The summed E-state index contributed by atoms with van der Waals surface area (Å²) in [6.45, 7) is 6.16. The number of rotatable bonds is 6. The SMILES string of the molecule is O=C(NO)c1ccc(Cn2ccc3cc(N4CCC5(CCN(Cc6cccnc6)C5)CC4)cnc32)cc1. The second kappa shape index (κ2) is 9.95. The largest absolute Gasteiger partial charge is 0.370 e. The summed E-state index contributed by atoms with van der Waals surface area (Å²) in [6.07, 6.45) is 11.6. The van der Waals surface area contributed by atoms with Crippen LogP contribution in [-0.4, -0.2) is 56.7 Å². The summed E-state index contributed by atoms with van der Waals surface area (Å²) in [5.74, 6) is -0.509. The summed E-state index contributed by atoms with van der Waals surface area (Å²) in [4.78, 5) is 25.7. The van der Waals surface area contributed by atoms with Crippen molar-refractivity contribution in [2.45, 2.75) is 32.4 Å². The van der Waals surface area contributed by atoms with E-state index in [4.69, 9.17) is 10.2 Å². The van der Waals surface area contributed by atoms with Crippen LogP contribution in [0, 0.1) is 5.41 Å². The zero-order valence-corrected chi connectivity index (χ0v) is 20.9. The Balaban J connectivity index is 1.08. The molecule has 8 heteroatoms. The van der Waals surface area contributed by atoms with Gasteiger partial charge >= 0.3 is 0 Å². The molecular weight excluding hydrogens is 464 g/mol. The Morgan fingerprint density at radius 2 is 1.78 bits per heavy atom. The summed E-state index contributed by atoms with van der Waals surface area (Å²) >= 11 is 0. The molecule has 1 aromatic carbocycles. The fourth-order valence-corrected chi connectivity index (χ4v) is 5.95. The van der Waals surface area contributed by atoms with E-state index in [2.05, 4.69) is 43.7 Å². The Morgan fingerprint density at radius 3 is 2.54 bits per heavy atom. The first kappa shape index (κ1) is 23.6. The quantitative estimate of drug-likeness (QED) is 0.309. The van der Waals surface area contributed by atoms with Gasteiger partial charge in [0, 0.05) is 62.3 Å². The van der Waals surface area contributed by atoms with Gasteiger partial charge in [0.2, 0.25) is 0 Å².